The molecule has 6 heteroatoms. The minimum atomic E-state index is -3.17. The van der Waals surface area contributed by atoms with Crippen LogP contribution in [0.2, 0.25) is 0 Å². The Balaban J connectivity index is 2.01. The van der Waals surface area contributed by atoms with Gasteiger partial charge in [-0.15, -0.1) is 0 Å². The van der Waals surface area contributed by atoms with Crippen LogP contribution in [0.15, 0.2) is 29.2 Å². The second-order valence-corrected chi connectivity index (χ2v) is 7.35. The zero-order valence-corrected chi connectivity index (χ0v) is 12.2. The molecular formula is C14H19NO4S. The van der Waals surface area contributed by atoms with Gasteiger partial charge in [0.15, 0.2) is 9.84 Å². The Morgan fingerprint density at radius 1 is 1.35 bits per heavy atom. The van der Waals surface area contributed by atoms with Crippen LogP contribution in [0.4, 0.5) is 0 Å². The molecular weight excluding hydrogens is 278 g/mol. The lowest BCUT2D eigenvalue weighted by molar-refractivity contribution is -0.142. The van der Waals surface area contributed by atoms with Crippen LogP contribution in [0.5, 0.6) is 0 Å². The predicted octanol–water partition coefficient (Wildman–Crippen LogP) is 1.09. The van der Waals surface area contributed by atoms with Gasteiger partial charge in [-0.25, -0.2) is 8.42 Å². The molecule has 1 aromatic carbocycles. The second-order valence-electron chi connectivity index (χ2n) is 5.33. The van der Waals surface area contributed by atoms with E-state index in [-0.39, 0.29) is 12.0 Å². The summed E-state index contributed by atoms with van der Waals surface area (Å²) in [7, 11) is -3.17. The predicted molar refractivity (Wildman–Crippen MR) is 75.4 cm³/mol. The molecule has 0 bridgehead atoms. The van der Waals surface area contributed by atoms with Crippen LogP contribution in [-0.4, -0.2) is 38.3 Å². The van der Waals surface area contributed by atoms with Gasteiger partial charge in [0.05, 0.1) is 10.8 Å². The largest absolute Gasteiger partial charge is 0.481 e. The molecule has 5 nitrogen and oxygen atoms in total. The first-order chi connectivity index (χ1) is 9.36. The maximum atomic E-state index is 11.4. The fraction of sp³-hybridized carbons (Fsp3) is 0.500. The van der Waals surface area contributed by atoms with E-state index in [1.54, 1.807) is 24.3 Å². The van der Waals surface area contributed by atoms with Crippen LogP contribution in [0.1, 0.15) is 18.4 Å². The zero-order valence-electron chi connectivity index (χ0n) is 11.4. The number of rotatable bonds is 4. The van der Waals surface area contributed by atoms with Gasteiger partial charge in [-0.05, 0) is 43.5 Å². The maximum Gasteiger partial charge on any atom is 0.306 e. The van der Waals surface area contributed by atoms with Crippen molar-refractivity contribution in [3.63, 3.8) is 0 Å². The van der Waals surface area contributed by atoms with Gasteiger partial charge in [-0.1, -0.05) is 12.1 Å². The van der Waals surface area contributed by atoms with E-state index in [0.717, 1.165) is 5.56 Å². The van der Waals surface area contributed by atoms with Gasteiger partial charge in [-0.3, -0.25) is 4.79 Å². The summed E-state index contributed by atoms with van der Waals surface area (Å²) in [6.45, 7) is 0.711. The molecule has 0 aliphatic carbocycles. The molecule has 0 spiro atoms. The molecule has 1 aliphatic rings. The molecule has 1 saturated heterocycles. The van der Waals surface area contributed by atoms with Crippen molar-refractivity contribution in [3.05, 3.63) is 29.8 Å². The molecule has 110 valence electrons. The van der Waals surface area contributed by atoms with Crippen LogP contribution < -0.4 is 5.32 Å². The molecule has 2 N–H and O–H groups in total. The highest BCUT2D eigenvalue weighted by Gasteiger charge is 2.26. The normalized spacial score (nSPS) is 23.4. The van der Waals surface area contributed by atoms with Crippen LogP contribution >= 0.6 is 0 Å². The lowest BCUT2D eigenvalue weighted by Gasteiger charge is -2.28. The number of benzene rings is 1. The van der Waals surface area contributed by atoms with Gasteiger partial charge < -0.3 is 10.4 Å². The average molecular weight is 297 g/mol. The summed E-state index contributed by atoms with van der Waals surface area (Å²) in [5, 5.41) is 12.4. The molecule has 0 saturated carbocycles. The minimum absolute atomic E-state index is 0.133. The monoisotopic (exact) mass is 297 g/mol. The van der Waals surface area contributed by atoms with Crippen LogP contribution in [0, 0.1) is 5.92 Å². The van der Waals surface area contributed by atoms with E-state index in [9.17, 15) is 13.2 Å². The van der Waals surface area contributed by atoms with Crippen molar-refractivity contribution >= 4 is 15.8 Å². The van der Waals surface area contributed by atoms with Gasteiger partial charge in [0.1, 0.15) is 0 Å². The quantitative estimate of drug-likeness (QED) is 0.869. The van der Waals surface area contributed by atoms with Crippen molar-refractivity contribution in [2.24, 2.45) is 5.92 Å². The smallest absolute Gasteiger partial charge is 0.306 e. The van der Waals surface area contributed by atoms with Crippen molar-refractivity contribution in [2.45, 2.75) is 30.2 Å². The molecule has 1 aliphatic heterocycles. The number of carboxylic acids is 1. The van der Waals surface area contributed by atoms with Crippen molar-refractivity contribution in [1.29, 1.82) is 0 Å². The highest BCUT2D eigenvalue weighted by atomic mass is 32.2. The first-order valence-corrected chi connectivity index (χ1v) is 8.50. The summed E-state index contributed by atoms with van der Waals surface area (Å²) >= 11 is 0. The summed E-state index contributed by atoms with van der Waals surface area (Å²) in [5.41, 5.74) is 1.01. The Morgan fingerprint density at radius 3 is 2.55 bits per heavy atom. The Bertz CT molecular complexity index is 580. The topological polar surface area (TPSA) is 83.5 Å². The van der Waals surface area contributed by atoms with Gasteiger partial charge in [0.25, 0.3) is 0 Å². The van der Waals surface area contributed by atoms with Gasteiger partial charge in [0.2, 0.25) is 0 Å². The SMILES string of the molecule is CS(=O)(=O)c1ccc(CC2CC(C(=O)O)CCN2)cc1. The van der Waals surface area contributed by atoms with E-state index >= 15 is 0 Å². The summed E-state index contributed by atoms with van der Waals surface area (Å²) in [6.07, 6.45) is 3.18. The second kappa shape index (κ2) is 5.93. The zero-order chi connectivity index (χ0) is 14.8. The molecule has 20 heavy (non-hydrogen) atoms. The molecule has 0 radical (unpaired) electrons. The van der Waals surface area contributed by atoms with Gasteiger partial charge in [0, 0.05) is 12.3 Å². The summed E-state index contributed by atoms with van der Waals surface area (Å²) in [5.74, 6) is -1.01. The third kappa shape index (κ3) is 3.80. The minimum Gasteiger partial charge on any atom is -0.481 e. The number of hydrogen-bond donors (Lipinski definition) is 2. The third-order valence-corrected chi connectivity index (χ3v) is 4.81. The van der Waals surface area contributed by atoms with Crippen molar-refractivity contribution < 1.29 is 18.3 Å². The number of carboxylic acid groups (broad SMARTS) is 1. The lowest BCUT2D eigenvalue weighted by atomic mass is 9.89. The Kier molecular flexibility index (Phi) is 4.45. The first-order valence-electron chi connectivity index (χ1n) is 6.61. The Labute approximate surface area is 118 Å². The number of hydrogen-bond acceptors (Lipinski definition) is 4. The first kappa shape index (κ1) is 15.0. The number of carbonyl (C=O) groups is 1. The van der Waals surface area contributed by atoms with E-state index < -0.39 is 15.8 Å². The highest BCUT2D eigenvalue weighted by Crippen LogP contribution is 2.20. The number of sulfone groups is 1. The highest BCUT2D eigenvalue weighted by molar-refractivity contribution is 7.90. The Hall–Kier alpha value is -1.40. The molecule has 2 rings (SSSR count). The summed E-state index contributed by atoms with van der Waals surface area (Å²) < 4.78 is 22.7. The van der Waals surface area contributed by atoms with Crippen LogP contribution in [0.3, 0.4) is 0 Å². The summed E-state index contributed by atoms with van der Waals surface area (Å²) in [6, 6.07) is 6.92. The standard InChI is InChI=1S/C14H19NO4S/c1-20(18,19)13-4-2-10(3-5-13)8-12-9-11(14(16)17)6-7-15-12/h2-5,11-12,15H,6-9H2,1H3,(H,16,17). The van der Waals surface area contributed by atoms with Gasteiger partial charge in [-0.2, -0.15) is 0 Å². The third-order valence-electron chi connectivity index (χ3n) is 3.68. The number of nitrogens with one attached hydrogen (secondary N) is 1. The van der Waals surface area contributed by atoms with E-state index in [0.29, 0.717) is 30.7 Å². The molecule has 2 unspecified atom stereocenters. The van der Waals surface area contributed by atoms with E-state index in [1.165, 1.54) is 6.26 Å². The van der Waals surface area contributed by atoms with Gasteiger partial charge >= 0.3 is 5.97 Å². The molecule has 1 fully saturated rings. The van der Waals surface area contributed by atoms with Crippen molar-refractivity contribution in [3.8, 4) is 0 Å². The van der Waals surface area contributed by atoms with Crippen molar-refractivity contribution in [1.82, 2.24) is 5.32 Å². The lowest BCUT2D eigenvalue weighted by Crippen LogP contribution is -2.41. The van der Waals surface area contributed by atoms with Crippen molar-refractivity contribution in [2.75, 3.05) is 12.8 Å². The average Bonchev–Trinajstić information content (AvgIpc) is 2.38. The molecule has 2 atom stereocenters. The fourth-order valence-corrected chi connectivity index (χ4v) is 3.17. The van der Waals surface area contributed by atoms with Crippen LogP contribution in [-0.2, 0) is 21.1 Å². The number of piperidine rings is 1. The molecule has 1 aromatic rings. The molecule has 0 aromatic heterocycles. The fourth-order valence-electron chi connectivity index (χ4n) is 2.54. The van der Waals surface area contributed by atoms with E-state index in [4.69, 9.17) is 5.11 Å². The van der Waals surface area contributed by atoms with E-state index in [1.807, 2.05) is 0 Å². The number of aliphatic carboxylic acids is 1. The Morgan fingerprint density at radius 2 is 2.00 bits per heavy atom. The van der Waals surface area contributed by atoms with E-state index in [2.05, 4.69) is 5.32 Å². The molecule has 0 amide bonds. The maximum absolute atomic E-state index is 11.4. The summed E-state index contributed by atoms with van der Waals surface area (Å²) in [4.78, 5) is 11.3. The van der Waals surface area contributed by atoms with Crippen LogP contribution in [0.25, 0.3) is 0 Å². The molecule has 1 heterocycles.